The number of hydrogen-bond donors (Lipinski definition) is 4. The summed E-state index contributed by atoms with van der Waals surface area (Å²) in [4.78, 5) is 0. The third kappa shape index (κ3) is 12.9. The van der Waals surface area contributed by atoms with Gasteiger partial charge in [0, 0.05) is 60.6 Å². The molecule has 0 radical (unpaired) electrons. The van der Waals surface area contributed by atoms with E-state index >= 15 is 0 Å². The molecule has 8 nitrogen and oxygen atoms in total. The first-order valence-electron chi connectivity index (χ1n) is 20.6. The van der Waals surface area contributed by atoms with E-state index in [0.29, 0.717) is 68.4 Å². The van der Waals surface area contributed by atoms with Crippen LogP contribution < -0.4 is 29.6 Å². The van der Waals surface area contributed by atoms with Crippen LogP contribution in [0.1, 0.15) is 58.4 Å². The Bertz CT molecular complexity index is 2350. The third-order valence-corrected chi connectivity index (χ3v) is 11.2. The minimum Gasteiger partial charge on any atom is -0.488 e. The SMILES string of the molecule is Cc1c(COc2cc(OCc3cc(F)cc(F)c3)c(CNC(C)CO)cc2Cl)cccc1-c1cccc(COc2cc(OCc3cc(F)cc(F)c3)c(CNC(C)CO)cc2Cl)c1C. The second-order valence-electron chi connectivity index (χ2n) is 15.6. The van der Waals surface area contributed by atoms with Gasteiger partial charge in [0.1, 0.15) is 72.7 Å². The molecule has 0 heterocycles. The van der Waals surface area contributed by atoms with Crippen molar-refractivity contribution in [2.24, 2.45) is 0 Å². The fourth-order valence-corrected chi connectivity index (χ4v) is 7.38. The molecule has 0 saturated carbocycles. The van der Waals surface area contributed by atoms with Crippen LogP contribution in [-0.4, -0.2) is 35.5 Å². The summed E-state index contributed by atoms with van der Waals surface area (Å²) in [6, 6.07) is 24.6. The molecule has 6 aromatic carbocycles. The number of rotatable bonds is 21. The number of nitrogens with one attached hydrogen (secondary N) is 2. The van der Waals surface area contributed by atoms with Crippen molar-refractivity contribution in [3.05, 3.63) is 175 Å². The maximum atomic E-state index is 13.9. The lowest BCUT2D eigenvalue weighted by Crippen LogP contribution is -2.28. The monoisotopic (exact) mass is 920 g/mol. The highest BCUT2D eigenvalue weighted by atomic mass is 35.5. The predicted molar refractivity (Wildman–Crippen MR) is 241 cm³/mol. The van der Waals surface area contributed by atoms with Crippen LogP contribution >= 0.6 is 23.2 Å². The molecular formula is C50H50Cl2F4N2O6. The summed E-state index contributed by atoms with van der Waals surface area (Å²) < 4.78 is 80.4. The number of aliphatic hydroxyl groups excluding tert-OH is 2. The highest BCUT2D eigenvalue weighted by molar-refractivity contribution is 6.32. The maximum absolute atomic E-state index is 13.9. The minimum atomic E-state index is -0.711. The van der Waals surface area contributed by atoms with E-state index in [9.17, 15) is 27.8 Å². The van der Waals surface area contributed by atoms with E-state index in [4.69, 9.17) is 42.1 Å². The lowest BCUT2D eigenvalue weighted by Gasteiger charge is -2.19. The quantitative estimate of drug-likeness (QED) is 0.0530. The Hall–Kier alpha value is -5.34. The first-order chi connectivity index (χ1) is 30.7. The van der Waals surface area contributed by atoms with Crippen LogP contribution in [0.4, 0.5) is 17.6 Å². The molecule has 0 bridgehead atoms. The lowest BCUT2D eigenvalue weighted by molar-refractivity contribution is 0.249. The molecule has 0 spiro atoms. The molecule has 0 fully saturated rings. The zero-order valence-electron chi connectivity index (χ0n) is 35.8. The van der Waals surface area contributed by atoms with Crippen LogP contribution in [0.2, 0.25) is 10.0 Å². The van der Waals surface area contributed by atoms with E-state index in [1.165, 1.54) is 24.3 Å². The van der Waals surface area contributed by atoms with Crippen molar-refractivity contribution in [3.63, 3.8) is 0 Å². The van der Waals surface area contributed by atoms with E-state index in [-0.39, 0.29) is 51.7 Å². The number of hydrogen-bond acceptors (Lipinski definition) is 8. The molecule has 0 amide bonds. The summed E-state index contributed by atoms with van der Waals surface area (Å²) in [6.07, 6.45) is 0. The van der Waals surface area contributed by atoms with Gasteiger partial charge in [-0.05, 0) is 109 Å². The molecule has 0 aliphatic heterocycles. The second-order valence-corrected chi connectivity index (χ2v) is 16.4. The zero-order valence-corrected chi connectivity index (χ0v) is 37.4. The number of ether oxygens (including phenoxy) is 4. The normalized spacial score (nSPS) is 12.2. The lowest BCUT2D eigenvalue weighted by atomic mass is 9.92. The van der Waals surface area contributed by atoms with Crippen LogP contribution in [0.5, 0.6) is 23.0 Å². The topological polar surface area (TPSA) is 101 Å². The summed E-state index contributed by atoms with van der Waals surface area (Å²) in [5.74, 6) is -1.36. The van der Waals surface area contributed by atoms with E-state index in [1.54, 1.807) is 24.3 Å². The van der Waals surface area contributed by atoms with Gasteiger partial charge in [0.25, 0.3) is 0 Å². The smallest absolute Gasteiger partial charge is 0.142 e. The molecule has 0 aliphatic rings. The summed E-state index contributed by atoms with van der Waals surface area (Å²) in [6.45, 7) is 8.23. The van der Waals surface area contributed by atoms with Crippen molar-refractivity contribution in [2.45, 2.75) is 79.3 Å². The molecule has 6 aromatic rings. The van der Waals surface area contributed by atoms with Gasteiger partial charge in [-0.1, -0.05) is 59.6 Å². The number of benzene rings is 6. The third-order valence-electron chi connectivity index (χ3n) is 10.6. The van der Waals surface area contributed by atoms with Crippen molar-refractivity contribution < 1.29 is 46.7 Å². The molecular weight excluding hydrogens is 871 g/mol. The summed E-state index contributed by atoms with van der Waals surface area (Å²) in [5.41, 5.74) is 7.67. The Kier molecular flexibility index (Phi) is 16.9. The Morgan fingerprint density at radius 3 is 1.20 bits per heavy atom. The van der Waals surface area contributed by atoms with Gasteiger partial charge in [-0.3, -0.25) is 0 Å². The Morgan fingerprint density at radius 2 is 0.844 bits per heavy atom. The fourth-order valence-electron chi connectivity index (χ4n) is 6.90. The first-order valence-corrected chi connectivity index (χ1v) is 21.4. The van der Waals surface area contributed by atoms with Gasteiger partial charge in [0.05, 0.1) is 23.3 Å². The number of halogens is 6. The van der Waals surface area contributed by atoms with E-state index in [2.05, 4.69) is 10.6 Å². The van der Waals surface area contributed by atoms with E-state index in [1.807, 2.05) is 64.1 Å². The second kappa shape index (κ2) is 22.5. The summed E-state index contributed by atoms with van der Waals surface area (Å²) in [5, 5.41) is 26.1. The Labute approximate surface area is 380 Å². The Balaban J connectivity index is 1.19. The van der Waals surface area contributed by atoms with Crippen LogP contribution in [-0.2, 0) is 39.5 Å². The zero-order chi connectivity index (χ0) is 45.9. The minimum absolute atomic E-state index is 0.0813. The van der Waals surface area contributed by atoms with Gasteiger partial charge in [-0.15, -0.1) is 0 Å². The highest BCUT2D eigenvalue weighted by Crippen LogP contribution is 2.37. The molecule has 4 N–H and O–H groups in total. The highest BCUT2D eigenvalue weighted by Gasteiger charge is 2.18. The van der Waals surface area contributed by atoms with E-state index in [0.717, 1.165) is 45.5 Å². The molecule has 64 heavy (non-hydrogen) atoms. The predicted octanol–water partition coefficient (Wildman–Crippen LogP) is 11.1. The molecule has 2 atom stereocenters. The molecule has 338 valence electrons. The fraction of sp³-hybridized carbons (Fsp3) is 0.280. The molecule has 0 aliphatic carbocycles. The standard InChI is InChI=1S/C50H50Cl2F4N2O6/c1-29(23-59)57-21-37-15-45(51)49(19-47(37)61-25-33-11-39(53)17-40(54)12-33)63-27-35-7-5-9-43(31(35)3)44-10-6-8-36(32(44)4)28-64-50-20-48(38(16-46(50)52)22-58-30(2)24-60)62-26-34-13-41(55)18-42(56)14-34/h5-20,29-30,57-60H,21-28H2,1-4H3. The van der Waals surface area contributed by atoms with Gasteiger partial charge in [-0.25, -0.2) is 17.6 Å². The van der Waals surface area contributed by atoms with Crippen LogP contribution in [0.15, 0.2) is 97.1 Å². The van der Waals surface area contributed by atoms with Crippen LogP contribution in [0.3, 0.4) is 0 Å². The molecule has 0 saturated heterocycles. The molecule has 6 rings (SSSR count). The van der Waals surface area contributed by atoms with Gasteiger partial charge in [0.15, 0.2) is 0 Å². The summed E-state index contributed by atoms with van der Waals surface area (Å²) >= 11 is 13.5. The summed E-state index contributed by atoms with van der Waals surface area (Å²) in [7, 11) is 0. The van der Waals surface area contributed by atoms with Gasteiger partial charge in [-0.2, -0.15) is 0 Å². The largest absolute Gasteiger partial charge is 0.488 e. The van der Waals surface area contributed by atoms with Crippen LogP contribution in [0, 0.1) is 37.1 Å². The van der Waals surface area contributed by atoms with Gasteiger partial charge < -0.3 is 39.8 Å². The molecule has 2 unspecified atom stereocenters. The van der Waals surface area contributed by atoms with E-state index < -0.39 is 23.3 Å². The van der Waals surface area contributed by atoms with Crippen molar-refractivity contribution in [1.82, 2.24) is 10.6 Å². The average Bonchev–Trinajstić information content (AvgIpc) is 3.26. The molecule has 0 aromatic heterocycles. The average molecular weight is 922 g/mol. The molecule has 14 heteroatoms. The van der Waals surface area contributed by atoms with Gasteiger partial charge in [0.2, 0.25) is 0 Å². The Morgan fingerprint density at radius 1 is 0.484 bits per heavy atom. The van der Waals surface area contributed by atoms with Crippen molar-refractivity contribution >= 4 is 23.2 Å². The van der Waals surface area contributed by atoms with Crippen molar-refractivity contribution in [3.8, 4) is 34.1 Å². The van der Waals surface area contributed by atoms with Crippen molar-refractivity contribution in [1.29, 1.82) is 0 Å². The van der Waals surface area contributed by atoms with Gasteiger partial charge >= 0.3 is 0 Å². The van der Waals surface area contributed by atoms with Crippen molar-refractivity contribution in [2.75, 3.05) is 13.2 Å². The van der Waals surface area contributed by atoms with Crippen LogP contribution in [0.25, 0.3) is 11.1 Å². The maximum Gasteiger partial charge on any atom is 0.142 e. The first kappa shape index (κ1) is 48.1. The number of aliphatic hydroxyl groups is 2.